The minimum Gasteiger partial charge on any atom is -0.301 e. The van der Waals surface area contributed by atoms with E-state index >= 15 is 0 Å². The third-order valence-electron chi connectivity index (χ3n) is 4.66. The van der Waals surface area contributed by atoms with E-state index in [2.05, 4.69) is 58.0 Å². The van der Waals surface area contributed by atoms with E-state index in [0.717, 1.165) is 13.1 Å². The first-order valence-electron chi connectivity index (χ1n) is 8.91. The fraction of sp³-hybridized carbons (Fsp3) is 0.842. The topological polar surface area (TPSA) is 21.1 Å². The van der Waals surface area contributed by atoms with Crippen LogP contribution < -0.4 is 0 Å². The molecule has 0 amide bonds. The minimum absolute atomic E-state index is 0.131. The van der Waals surface area contributed by atoms with Crippen LogP contribution in [-0.4, -0.2) is 34.3 Å². The molecule has 2 rings (SSSR count). The lowest BCUT2D eigenvalue weighted by molar-refractivity contribution is 0.215. The maximum Gasteiger partial charge on any atom is 0.0634 e. The van der Waals surface area contributed by atoms with Crippen molar-refractivity contribution in [3.05, 3.63) is 17.0 Å². The Labute approximate surface area is 137 Å². The standard InChI is InChI=1S/C19H35N3/c1-15-16(18(2,3)4)17(19(5,6)7)22(20-15)14-13-21-11-9-8-10-12-21/h8-14H2,1-7H3. The fourth-order valence-electron chi connectivity index (χ4n) is 3.82. The van der Waals surface area contributed by atoms with Crippen LogP contribution in [0, 0.1) is 6.92 Å². The second-order valence-electron chi connectivity index (χ2n) is 8.93. The average Bonchev–Trinajstić information content (AvgIpc) is 2.74. The number of nitrogens with zero attached hydrogens (tertiary/aromatic N) is 3. The maximum absolute atomic E-state index is 4.92. The lowest BCUT2D eigenvalue weighted by Gasteiger charge is -2.30. The van der Waals surface area contributed by atoms with Crippen LogP contribution >= 0.6 is 0 Å². The van der Waals surface area contributed by atoms with E-state index in [1.54, 1.807) is 0 Å². The Morgan fingerprint density at radius 1 is 0.864 bits per heavy atom. The SMILES string of the molecule is Cc1nn(CCN2CCCCC2)c(C(C)(C)C)c1C(C)(C)C. The zero-order valence-corrected chi connectivity index (χ0v) is 15.8. The molecule has 0 spiro atoms. The van der Waals surface area contributed by atoms with Crippen molar-refractivity contribution in [1.29, 1.82) is 0 Å². The summed E-state index contributed by atoms with van der Waals surface area (Å²) >= 11 is 0. The lowest BCUT2D eigenvalue weighted by Crippen LogP contribution is -2.34. The van der Waals surface area contributed by atoms with E-state index in [0.29, 0.717) is 0 Å². The molecule has 126 valence electrons. The largest absolute Gasteiger partial charge is 0.301 e. The zero-order valence-electron chi connectivity index (χ0n) is 15.8. The van der Waals surface area contributed by atoms with Gasteiger partial charge in [-0.05, 0) is 38.3 Å². The van der Waals surface area contributed by atoms with Crippen LogP contribution in [0.25, 0.3) is 0 Å². The Kier molecular flexibility index (Phi) is 5.06. The van der Waals surface area contributed by atoms with Gasteiger partial charge in [0.15, 0.2) is 0 Å². The summed E-state index contributed by atoms with van der Waals surface area (Å²) in [6, 6.07) is 0. The van der Waals surface area contributed by atoms with Gasteiger partial charge in [-0.1, -0.05) is 48.0 Å². The van der Waals surface area contributed by atoms with Crippen LogP contribution in [0.2, 0.25) is 0 Å². The van der Waals surface area contributed by atoms with Crippen molar-refractivity contribution >= 4 is 0 Å². The molecule has 1 aromatic heterocycles. The van der Waals surface area contributed by atoms with Gasteiger partial charge < -0.3 is 4.90 Å². The van der Waals surface area contributed by atoms with E-state index in [-0.39, 0.29) is 10.8 Å². The van der Waals surface area contributed by atoms with Crippen molar-refractivity contribution < 1.29 is 0 Å². The molecular weight excluding hydrogens is 270 g/mol. The average molecular weight is 306 g/mol. The molecule has 0 radical (unpaired) electrons. The highest BCUT2D eigenvalue weighted by molar-refractivity contribution is 5.36. The van der Waals surface area contributed by atoms with E-state index < -0.39 is 0 Å². The number of hydrogen-bond donors (Lipinski definition) is 0. The van der Waals surface area contributed by atoms with Crippen molar-refractivity contribution in [2.24, 2.45) is 0 Å². The van der Waals surface area contributed by atoms with Gasteiger partial charge in [-0.25, -0.2) is 0 Å². The van der Waals surface area contributed by atoms with Crippen molar-refractivity contribution in [2.45, 2.75) is 85.1 Å². The van der Waals surface area contributed by atoms with Gasteiger partial charge in [-0.2, -0.15) is 5.10 Å². The summed E-state index contributed by atoms with van der Waals surface area (Å²) in [6.07, 6.45) is 4.12. The molecule has 2 heterocycles. The molecule has 0 saturated carbocycles. The summed E-state index contributed by atoms with van der Waals surface area (Å²) in [7, 11) is 0. The van der Waals surface area contributed by atoms with Gasteiger partial charge in [0.25, 0.3) is 0 Å². The fourth-order valence-corrected chi connectivity index (χ4v) is 3.82. The quantitative estimate of drug-likeness (QED) is 0.831. The van der Waals surface area contributed by atoms with Crippen LogP contribution in [-0.2, 0) is 17.4 Å². The third-order valence-corrected chi connectivity index (χ3v) is 4.66. The van der Waals surface area contributed by atoms with Crippen molar-refractivity contribution in [1.82, 2.24) is 14.7 Å². The lowest BCUT2D eigenvalue weighted by atomic mass is 9.78. The van der Waals surface area contributed by atoms with E-state index in [9.17, 15) is 0 Å². The van der Waals surface area contributed by atoms with Gasteiger partial charge in [-0.15, -0.1) is 0 Å². The van der Waals surface area contributed by atoms with Crippen molar-refractivity contribution in [3.8, 4) is 0 Å². The first-order valence-corrected chi connectivity index (χ1v) is 8.91. The smallest absolute Gasteiger partial charge is 0.0634 e. The predicted octanol–water partition coefficient (Wildman–Crippen LogP) is 4.27. The van der Waals surface area contributed by atoms with Gasteiger partial charge in [-0.3, -0.25) is 4.68 Å². The van der Waals surface area contributed by atoms with Gasteiger partial charge in [0.2, 0.25) is 0 Å². The third kappa shape index (κ3) is 3.92. The molecule has 0 atom stereocenters. The molecule has 0 unspecified atom stereocenters. The molecule has 1 saturated heterocycles. The molecule has 3 heteroatoms. The van der Waals surface area contributed by atoms with Gasteiger partial charge in [0, 0.05) is 23.2 Å². The molecule has 1 aliphatic rings. The van der Waals surface area contributed by atoms with Crippen LogP contribution in [0.4, 0.5) is 0 Å². The van der Waals surface area contributed by atoms with Gasteiger partial charge in [0.05, 0.1) is 12.2 Å². The van der Waals surface area contributed by atoms with Crippen LogP contribution in [0.15, 0.2) is 0 Å². The van der Waals surface area contributed by atoms with Crippen LogP contribution in [0.1, 0.15) is 77.8 Å². The summed E-state index contributed by atoms with van der Waals surface area (Å²) in [5.41, 5.74) is 4.35. The normalized spacial score (nSPS) is 18.0. The second-order valence-corrected chi connectivity index (χ2v) is 8.93. The van der Waals surface area contributed by atoms with Crippen LogP contribution in [0.5, 0.6) is 0 Å². The number of aryl methyl sites for hydroxylation is 1. The molecule has 0 bridgehead atoms. The summed E-state index contributed by atoms with van der Waals surface area (Å²) in [5.74, 6) is 0. The molecule has 0 aromatic carbocycles. The maximum atomic E-state index is 4.92. The highest BCUT2D eigenvalue weighted by Crippen LogP contribution is 2.36. The summed E-state index contributed by atoms with van der Waals surface area (Å²) in [4.78, 5) is 2.60. The van der Waals surface area contributed by atoms with Crippen LogP contribution in [0.3, 0.4) is 0 Å². The van der Waals surface area contributed by atoms with Crippen molar-refractivity contribution in [3.63, 3.8) is 0 Å². The molecule has 1 aliphatic heterocycles. The number of likely N-dealkylation sites (tertiary alicyclic amines) is 1. The van der Waals surface area contributed by atoms with Crippen molar-refractivity contribution in [2.75, 3.05) is 19.6 Å². The van der Waals surface area contributed by atoms with Gasteiger partial charge in [0.1, 0.15) is 0 Å². The Morgan fingerprint density at radius 2 is 1.45 bits per heavy atom. The summed E-state index contributed by atoms with van der Waals surface area (Å²) in [5, 5.41) is 4.92. The monoisotopic (exact) mass is 305 g/mol. The first-order chi connectivity index (χ1) is 10.1. The van der Waals surface area contributed by atoms with E-state index in [1.807, 2.05) is 0 Å². The number of hydrogen-bond acceptors (Lipinski definition) is 2. The highest BCUT2D eigenvalue weighted by atomic mass is 15.3. The summed E-state index contributed by atoms with van der Waals surface area (Å²) < 4.78 is 2.30. The number of aromatic nitrogens is 2. The molecule has 1 aromatic rings. The Morgan fingerprint density at radius 3 is 1.95 bits per heavy atom. The Hall–Kier alpha value is -0.830. The van der Waals surface area contributed by atoms with E-state index in [4.69, 9.17) is 5.10 Å². The second kappa shape index (κ2) is 6.35. The van der Waals surface area contributed by atoms with Gasteiger partial charge >= 0.3 is 0 Å². The highest BCUT2D eigenvalue weighted by Gasteiger charge is 2.32. The summed E-state index contributed by atoms with van der Waals surface area (Å²) in [6.45, 7) is 20.7. The predicted molar refractivity (Wildman–Crippen MR) is 94.7 cm³/mol. The first kappa shape index (κ1) is 17.5. The molecular formula is C19H35N3. The number of rotatable bonds is 3. The Balaban J connectivity index is 2.27. The molecule has 22 heavy (non-hydrogen) atoms. The molecule has 0 N–H and O–H groups in total. The zero-order chi connectivity index (χ0) is 16.5. The Bertz CT molecular complexity index is 494. The number of piperidine rings is 1. The van der Waals surface area contributed by atoms with E-state index in [1.165, 1.54) is 49.3 Å². The molecule has 0 aliphatic carbocycles. The molecule has 3 nitrogen and oxygen atoms in total. The molecule has 1 fully saturated rings. The minimum atomic E-state index is 0.131.